The van der Waals surface area contributed by atoms with Crippen LogP contribution >= 0.6 is 11.3 Å². The van der Waals surface area contributed by atoms with Crippen LogP contribution in [0.5, 0.6) is 0 Å². The number of hydrogen-bond acceptors (Lipinski definition) is 4. The summed E-state index contributed by atoms with van der Waals surface area (Å²) in [6.45, 7) is 2.05. The highest BCUT2D eigenvalue weighted by atomic mass is 32.1. The van der Waals surface area contributed by atoms with E-state index in [0.717, 1.165) is 42.8 Å². The zero-order valence-corrected chi connectivity index (χ0v) is 14.6. The highest BCUT2D eigenvalue weighted by Crippen LogP contribution is 2.37. The normalized spacial score (nSPS) is 16.9. The van der Waals surface area contributed by atoms with E-state index in [1.165, 1.54) is 10.6 Å². The van der Waals surface area contributed by atoms with Gasteiger partial charge in [0.1, 0.15) is 0 Å². The molecule has 1 aliphatic rings. The van der Waals surface area contributed by atoms with Crippen LogP contribution in [0.3, 0.4) is 0 Å². The number of rotatable bonds is 5. The Labute approximate surface area is 141 Å². The van der Waals surface area contributed by atoms with Crippen LogP contribution in [0.15, 0.2) is 24.4 Å². The maximum Gasteiger partial charge on any atom is 0.222 e. The van der Waals surface area contributed by atoms with Gasteiger partial charge in [0, 0.05) is 25.4 Å². The van der Waals surface area contributed by atoms with E-state index in [1.807, 2.05) is 30.1 Å². The third-order valence-electron chi connectivity index (χ3n) is 4.44. The van der Waals surface area contributed by atoms with Gasteiger partial charge in [0.2, 0.25) is 5.91 Å². The van der Waals surface area contributed by atoms with E-state index in [0.29, 0.717) is 6.42 Å². The van der Waals surface area contributed by atoms with Gasteiger partial charge in [0.15, 0.2) is 0 Å². The van der Waals surface area contributed by atoms with E-state index >= 15 is 0 Å². The first-order chi connectivity index (χ1) is 11.1. The summed E-state index contributed by atoms with van der Waals surface area (Å²) < 4.78 is 0. The SMILES string of the molecule is Cc1nc2c(s1)[C@@H](N(C)C(=O)CCCc1ccccn1)CCC2. The number of hydrogen-bond donors (Lipinski definition) is 0. The van der Waals surface area contributed by atoms with Crippen LogP contribution in [0.1, 0.15) is 53.0 Å². The molecule has 1 atom stereocenters. The van der Waals surface area contributed by atoms with Crippen LogP contribution in [0.4, 0.5) is 0 Å². The average molecular weight is 329 g/mol. The van der Waals surface area contributed by atoms with Crippen LogP contribution < -0.4 is 0 Å². The fraction of sp³-hybridized carbons (Fsp3) is 0.500. The molecular formula is C18H23N3OS. The largest absolute Gasteiger partial charge is 0.338 e. The number of carbonyl (C=O) groups excluding carboxylic acids is 1. The molecule has 5 heteroatoms. The van der Waals surface area contributed by atoms with Crippen molar-refractivity contribution in [2.24, 2.45) is 0 Å². The molecule has 122 valence electrons. The molecule has 1 aliphatic carbocycles. The molecule has 0 saturated carbocycles. The zero-order chi connectivity index (χ0) is 16.2. The highest BCUT2D eigenvalue weighted by molar-refractivity contribution is 7.11. The van der Waals surface area contributed by atoms with Crippen LogP contribution in [-0.2, 0) is 17.6 Å². The highest BCUT2D eigenvalue weighted by Gasteiger charge is 2.29. The molecular weight excluding hydrogens is 306 g/mol. The third-order valence-corrected chi connectivity index (χ3v) is 5.55. The van der Waals surface area contributed by atoms with Crippen molar-refractivity contribution in [2.45, 2.75) is 51.5 Å². The summed E-state index contributed by atoms with van der Waals surface area (Å²) in [5.74, 6) is 0.227. The van der Waals surface area contributed by atoms with Crippen LogP contribution in [-0.4, -0.2) is 27.8 Å². The Kier molecular flexibility index (Phi) is 5.06. The molecule has 0 radical (unpaired) electrons. The minimum absolute atomic E-state index is 0.215. The van der Waals surface area contributed by atoms with Crippen molar-refractivity contribution in [3.05, 3.63) is 45.7 Å². The van der Waals surface area contributed by atoms with E-state index < -0.39 is 0 Å². The molecule has 1 amide bonds. The van der Waals surface area contributed by atoms with Crippen LogP contribution in [0.25, 0.3) is 0 Å². The Hall–Kier alpha value is -1.75. The number of carbonyl (C=O) groups is 1. The summed E-state index contributed by atoms with van der Waals surface area (Å²) in [4.78, 5) is 24.7. The van der Waals surface area contributed by atoms with Crippen molar-refractivity contribution in [3.8, 4) is 0 Å². The monoisotopic (exact) mass is 329 g/mol. The summed E-state index contributed by atoms with van der Waals surface area (Å²) in [5.41, 5.74) is 2.26. The smallest absolute Gasteiger partial charge is 0.222 e. The molecule has 2 heterocycles. The first-order valence-corrected chi connectivity index (χ1v) is 9.08. The molecule has 2 aromatic heterocycles. The fourth-order valence-corrected chi connectivity index (χ4v) is 4.36. The number of nitrogens with zero attached hydrogens (tertiary/aromatic N) is 3. The van der Waals surface area contributed by atoms with E-state index in [-0.39, 0.29) is 11.9 Å². The van der Waals surface area contributed by atoms with Crippen molar-refractivity contribution < 1.29 is 4.79 Å². The van der Waals surface area contributed by atoms with Gasteiger partial charge in [-0.05, 0) is 51.2 Å². The Morgan fingerprint density at radius 2 is 2.30 bits per heavy atom. The first-order valence-electron chi connectivity index (χ1n) is 8.27. The molecule has 4 nitrogen and oxygen atoms in total. The predicted octanol–water partition coefficient (Wildman–Crippen LogP) is 3.71. The quantitative estimate of drug-likeness (QED) is 0.840. The number of pyridine rings is 1. The molecule has 3 rings (SSSR count). The lowest BCUT2D eigenvalue weighted by Gasteiger charge is -2.30. The molecule has 0 aromatic carbocycles. The number of aromatic nitrogens is 2. The Morgan fingerprint density at radius 1 is 1.43 bits per heavy atom. The molecule has 0 fully saturated rings. The Morgan fingerprint density at radius 3 is 3.09 bits per heavy atom. The van der Waals surface area contributed by atoms with E-state index in [2.05, 4.69) is 16.9 Å². The fourth-order valence-electron chi connectivity index (χ4n) is 3.21. The molecule has 2 aromatic rings. The first kappa shape index (κ1) is 16.1. The molecule has 0 N–H and O–H groups in total. The van der Waals surface area contributed by atoms with Gasteiger partial charge in [-0.25, -0.2) is 4.98 Å². The molecule has 0 saturated heterocycles. The van der Waals surface area contributed by atoms with E-state index in [4.69, 9.17) is 0 Å². The Bertz CT molecular complexity index is 668. The summed E-state index contributed by atoms with van der Waals surface area (Å²) in [7, 11) is 1.94. The average Bonchev–Trinajstić information content (AvgIpc) is 2.95. The maximum atomic E-state index is 12.5. The van der Waals surface area contributed by atoms with Crippen molar-refractivity contribution in [2.75, 3.05) is 7.05 Å². The van der Waals surface area contributed by atoms with Crippen LogP contribution in [0.2, 0.25) is 0 Å². The number of amides is 1. The topological polar surface area (TPSA) is 46.1 Å². The standard InChI is InChI=1S/C18H23N3OS/c1-13-20-15-9-6-10-16(18(15)23-13)21(2)17(22)11-5-8-14-7-3-4-12-19-14/h3-4,7,12,16H,5-6,8-11H2,1-2H3/t16-/m0/s1. The minimum Gasteiger partial charge on any atom is -0.338 e. The van der Waals surface area contributed by atoms with Gasteiger partial charge in [0.25, 0.3) is 0 Å². The second kappa shape index (κ2) is 7.21. The van der Waals surface area contributed by atoms with E-state index in [1.54, 1.807) is 17.5 Å². The molecule has 0 spiro atoms. The zero-order valence-electron chi connectivity index (χ0n) is 13.8. The van der Waals surface area contributed by atoms with Crippen LogP contribution in [0, 0.1) is 6.92 Å². The van der Waals surface area contributed by atoms with Crippen molar-refractivity contribution in [1.29, 1.82) is 0 Å². The minimum atomic E-state index is 0.215. The number of thiazole rings is 1. The lowest BCUT2D eigenvalue weighted by Crippen LogP contribution is -2.32. The van der Waals surface area contributed by atoms with Gasteiger partial charge in [-0.3, -0.25) is 9.78 Å². The van der Waals surface area contributed by atoms with E-state index in [9.17, 15) is 4.79 Å². The lowest BCUT2D eigenvalue weighted by molar-refractivity contribution is -0.132. The molecule has 0 aliphatic heterocycles. The van der Waals surface area contributed by atoms with Gasteiger partial charge < -0.3 is 4.90 Å². The van der Waals surface area contributed by atoms with Crippen molar-refractivity contribution in [3.63, 3.8) is 0 Å². The maximum absolute atomic E-state index is 12.5. The van der Waals surface area contributed by atoms with Gasteiger partial charge in [-0.2, -0.15) is 0 Å². The Balaban J connectivity index is 1.57. The summed E-state index contributed by atoms with van der Waals surface area (Å²) >= 11 is 1.75. The predicted molar refractivity (Wildman–Crippen MR) is 92.5 cm³/mol. The third kappa shape index (κ3) is 3.78. The van der Waals surface area contributed by atoms with Crippen molar-refractivity contribution >= 4 is 17.2 Å². The van der Waals surface area contributed by atoms with Gasteiger partial charge in [0.05, 0.1) is 21.6 Å². The van der Waals surface area contributed by atoms with Crippen molar-refractivity contribution in [1.82, 2.24) is 14.9 Å². The number of aryl methyl sites for hydroxylation is 3. The molecule has 23 heavy (non-hydrogen) atoms. The summed E-state index contributed by atoms with van der Waals surface area (Å²) in [5, 5.41) is 1.11. The summed E-state index contributed by atoms with van der Waals surface area (Å²) in [6, 6.07) is 6.14. The number of fused-ring (bicyclic) bond motifs is 1. The molecule has 0 bridgehead atoms. The molecule has 0 unspecified atom stereocenters. The summed E-state index contributed by atoms with van der Waals surface area (Å²) in [6.07, 6.45) is 7.31. The lowest BCUT2D eigenvalue weighted by atomic mass is 9.96. The van der Waals surface area contributed by atoms with Gasteiger partial charge in [-0.1, -0.05) is 6.07 Å². The van der Waals surface area contributed by atoms with Gasteiger partial charge in [-0.15, -0.1) is 11.3 Å². The second-order valence-electron chi connectivity index (χ2n) is 6.13. The second-order valence-corrected chi connectivity index (χ2v) is 7.37. The van der Waals surface area contributed by atoms with Gasteiger partial charge >= 0.3 is 0 Å².